The van der Waals surface area contributed by atoms with Gasteiger partial charge < -0.3 is 0 Å². The fourth-order valence-corrected chi connectivity index (χ4v) is 4.42. The highest BCUT2D eigenvalue weighted by Gasteiger charge is 2.21. The van der Waals surface area contributed by atoms with E-state index in [1.54, 1.807) is 0 Å². The monoisotopic (exact) mass is 246 g/mol. The second kappa shape index (κ2) is 8.51. The van der Waals surface area contributed by atoms with Crippen LogP contribution in [-0.2, 0) is 4.79 Å². The zero-order chi connectivity index (χ0) is 10.9. The molecule has 1 atom stereocenters. The normalized spacial score (nSPS) is 21.5. The van der Waals surface area contributed by atoms with E-state index in [1.807, 2.05) is 23.5 Å². The molecule has 0 saturated carbocycles. The molecule has 1 heterocycles. The van der Waals surface area contributed by atoms with Gasteiger partial charge in [0.05, 0.1) is 5.25 Å². The lowest BCUT2D eigenvalue weighted by molar-refractivity contribution is -0.118. The molecule has 1 fully saturated rings. The topological polar surface area (TPSA) is 17.1 Å². The lowest BCUT2D eigenvalue weighted by atomic mass is 10.1. The van der Waals surface area contributed by atoms with Crippen molar-refractivity contribution >= 4 is 29.3 Å². The Morgan fingerprint density at radius 1 is 1.20 bits per heavy atom. The third-order valence-electron chi connectivity index (χ3n) is 2.70. The summed E-state index contributed by atoms with van der Waals surface area (Å²) in [6.07, 6.45) is 7.08. The van der Waals surface area contributed by atoms with Crippen LogP contribution in [0.25, 0.3) is 0 Å². The lowest BCUT2D eigenvalue weighted by Gasteiger charge is -2.19. The Morgan fingerprint density at radius 3 is 2.67 bits per heavy atom. The number of hydrogen-bond acceptors (Lipinski definition) is 3. The van der Waals surface area contributed by atoms with Gasteiger partial charge in [0.25, 0.3) is 0 Å². The second-order valence-electron chi connectivity index (χ2n) is 4.06. The minimum absolute atomic E-state index is 0.315. The van der Waals surface area contributed by atoms with Crippen LogP contribution in [0, 0.1) is 0 Å². The van der Waals surface area contributed by atoms with Gasteiger partial charge in [0.15, 0.2) is 0 Å². The summed E-state index contributed by atoms with van der Waals surface area (Å²) in [5.74, 6) is 3.95. The van der Waals surface area contributed by atoms with Crippen LogP contribution in [0.15, 0.2) is 0 Å². The molecule has 0 bridgehead atoms. The molecule has 3 heteroatoms. The average molecular weight is 246 g/mol. The van der Waals surface area contributed by atoms with E-state index < -0.39 is 0 Å². The fourth-order valence-electron chi connectivity index (χ4n) is 1.74. The summed E-state index contributed by atoms with van der Waals surface area (Å²) >= 11 is 3.81. The van der Waals surface area contributed by atoms with Gasteiger partial charge in [0.2, 0.25) is 0 Å². The summed E-state index contributed by atoms with van der Waals surface area (Å²) < 4.78 is 0. The second-order valence-corrected chi connectivity index (χ2v) is 6.53. The summed E-state index contributed by atoms with van der Waals surface area (Å²) in [5.41, 5.74) is 0. The van der Waals surface area contributed by atoms with E-state index in [1.165, 1.54) is 31.4 Å². The summed E-state index contributed by atoms with van der Waals surface area (Å²) in [6.45, 7) is 2.22. The van der Waals surface area contributed by atoms with E-state index in [4.69, 9.17) is 0 Å². The summed E-state index contributed by atoms with van der Waals surface area (Å²) in [5, 5.41) is 0.315. The van der Waals surface area contributed by atoms with Crippen LogP contribution in [0.4, 0.5) is 0 Å². The van der Waals surface area contributed by atoms with Crippen LogP contribution in [-0.4, -0.2) is 28.3 Å². The van der Waals surface area contributed by atoms with Gasteiger partial charge in [-0.15, -0.1) is 11.8 Å². The predicted molar refractivity (Wildman–Crippen MR) is 72.0 cm³/mol. The number of carbonyl (C=O) groups is 1. The molecule has 0 amide bonds. The first kappa shape index (κ1) is 13.4. The molecule has 0 N–H and O–H groups in total. The molecule has 1 rings (SSSR count). The highest BCUT2D eigenvalue weighted by molar-refractivity contribution is 8.07. The first-order chi connectivity index (χ1) is 7.34. The van der Waals surface area contributed by atoms with E-state index in [-0.39, 0.29) is 0 Å². The third-order valence-corrected chi connectivity index (χ3v) is 5.50. The SMILES string of the molecule is CCCCCCCC(=O)C1CSCCS1. The third kappa shape index (κ3) is 5.86. The van der Waals surface area contributed by atoms with Gasteiger partial charge in [-0.25, -0.2) is 0 Å². The van der Waals surface area contributed by atoms with Crippen molar-refractivity contribution in [3.05, 3.63) is 0 Å². The van der Waals surface area contributed by atoms with Gasteiger partial charge in [0.1, 0.15) is 5.78 Å². The maximum atomic E-state index is 11.8. The first-order valence-electron chi connectivity index (χ1n) is 6.06. The minimum Gasteiger partial charge on any atom is -0.298 e. The van der Waals surface area contributed by atoms with Gasteiger partial charge in [-0.05, 0) is 6.42 Å². The number of carbonyl (C=O) groups excluding carboxylic acids is 1. The van der Waals surface area contributed by atoms with Crippen LogP contribution >= 0.6 is 23.5 Å². The van der Waals surface area contributed by atoms with Crippen molar-refractivity contribution in [3.8, 4) is 0 Å². The van der Waals surface area contributed by atoms with E-state index in [0.29, 0.717) is 11.0 Å². The number of unbranched alkanes of at least 4 members (excludes halogenated alkanes) is 4. The van der Waals surface area contributed by atoms with Crippen LogP contribution in [0.1, 0.15) is 45.4 Å². The largest absolute Gasteiger partial charge is 0.298 e. The van der Waals surface area contributed by atoms with Crippen molar-refractivity contribution in [2.75, 3.05) is 17.3 Å². The van der Waals surface area contributed by atoms with Crippen molar-refractivity contribution in [2.24, 2.45) is 0 Å². The molecule has 0 spiro atoms. The molecular formula is C12H22OS2. The zero-order valence-electron chi connectivity index (χ0n) is 9.67. The summed E-state index contributed by atoms with van der Waals surface area (Å²) in [7, 11) is 0. The molecule has 15 heavy (non-hydrogen) atoms. The number of thioether (sulfide) groups is 2. The van der Waals surface area contributed by atoms with Gasteiger partial charge in [0, 0.05) is 23.7 Å². The molecule has 0 aromatic rings. The quantitative estimate of drug-likeness (QED) is 0.637. The van der Waals surface area contributed by atoms with E-state index in [9.17, 15) is 4.79 Å². The molecule has 0 radical (unpaired) electrons. The van der Waals surface area contributed by atoms with Gasteiger partial charge >= 0.3 is 0 Å². The predicted octanol–water partition coefficient (Wildman–Crippen LogP) is 3.76. The van der Waals surface area contributed by atoms with E-state index in [0.717, 1.165) is 24.3 Å². The fraction of sp³-hybridized carbons (Fsp3) is 0.917. The van der Waals surface area contributed by atoms with Crippen molar-refractivity contribution < 1.29 is 4.79 Å². The molecule has 88 valence electrons. The van der Waals surface area contributed by atoms with Crippen LogP contribution in [0.3, 0.4) is 0 Å². The van der Waals surface area contributed by atoms with Crippen LogP contribution in [0.2, 0.25) is 0 Å². The highest BCUT2D eigenvalue weighted by Crippen LogP contribution is 2.26. The maximum absolute atomic E-state index is 11.8. The molecule has 1 nitrogen and oxygen atoms in total. The van der Waals surface area contributed by atoms with Crippen molar-refractivity contribution in [1.29, 1.82) is 0 Å². The molecule has 1 aliphatic heterocycles. The minimum atomic E-state index is 0.315. The Morgan fingerprint density at radius 2 is 2.00 bits per heavy atom. The van der Waals surface area contributed by atoms with Gasteiger partial charge in [-0.2, -0.15) is 11.8 Å². The Labute approximate surface area is 102 Å². The molecular weight excluding hydrogens is 224 g/mol. The Balaban J connectivity index is 2.02. The Bertz CT molecular complexity index is 176. The zero-order valence-corrected chi connectivity index (χ0v) is 11.3. The van der Waals surface area contributed by atoms with Crippen LogP contribution < -0.4 is 0 Å². The molecule has 0 aromatic heterocycles. The van der Waals surface area contributed by atoms with Crippen molar-refractivity contribution in [2.45, 2.75) is 50.7 Å². The lowest BCUT2D eigenvalue weighted by Crippen LogP contribution is -2.23. The molecule has 1 unspecified atom stereocenters. The van der Waals surface area contributed by atoms with E-state index in [2.05, 4.69) is 6.92 Å². The maximum Gasteiger partial charge on any atom is 0.146 e. The van der Waals surface area contributed by atoms with E-state index >= 15 is 0 Å². The average Bonchev–Trinajstić information content (AvgIpc) is 2.30. The smallest absolute Gasteiger partial charge is 0.146 e. The highest BCUT2D eigenvalue weighted by atomic mass is 32.2. The molecule has 1 saturated heterocycles. The number of rotatable bonds is 7. The Kier molecular flexibility index (Phi) is 7.63. The number of hydrogen-bond donors (Lipinski definition) is 0. The summed E-state index contributed by atoms with van der Waals surface area (Å²) in [4.78, 5) is 11.8. The molecule has 0 aromatic carbocycles. The Hall–Kier alpha value is 0.370. The van der Waals surface area contributed by atoms with Crippen molar-refractivity contribution in [1.82, 2.24) is 0 Å². The standard InChI is InChI=1S/C12H22OS2/c1-2-3-4-5-6-7-11(13)12-10-14-8-9-15-12/h12H,2-10H2,1H3. The van der Waals surface area contributed by atoms with Gasteiger partial charge in [-0.3, -0.25) is 4.79 Å². The first-order valence-corrected chi connectivity index (χ1v) is 8.27. The molecule has 0 aliphatic carbocycles. The number of Topliss-reactive ketones (excluding diaryl/α,β-unsaturated/α-hetero) is 1. The van der Waals surface area contributed by atoms with Crippen LogP contribution in [0.5, 0.6) is 0 Å². The summed E-state index contributed by atoms with van der Waals surface area (Å²) in [6, 6.07) is 0. The van der Waals surface area contributed by atoms with Crippen molar-refractivity contribution in [3.63, 3.8) is 0 Å². The number of ketones is 1. The molecule has 1 aliphatic rings. The van der Waals surface area contributed by atoms with Gasteiger partial charge in [-0.1, -0.05) is 32.6 Å².